The van der Waals surface area contributed by atoms with Gasteiger partial charge in [-0.3, -0.25) is 0 Å². The quantitative estimate of drug-likeness (QED) is 0.801. The summed E-state index contributed by atoms with van der Waals surface area (Å²) in [5.74, 6) is 0.850. The third kappa shape index (κ3) is 2.65. The Morgan fingerprint density at radius 2 is 2.15 bits per heavy atom. The normalized spacial score (nSPS) is 17.2. The Labute approximate surface area is 132 Å². The Kier molecular flexibility index (Phi) is 3.90. The number of halogens is 2. The van der Waals surface area contributed by atoms with E-state index in [1.807, 2.05) is 18.2 Å². The van der Waals surface area contributed by atoms with Gasteiger partial charge in [-0.15, -0.1) is 0 Å². The second kappa shape index (κ2) is 5.66. The van der Waals surface area contributed by atoms with Crippen LogP contribution in [-0.2, 0) is 6.42 Å². The highest BCUT2D eigenvalue weighted by molar-refractivity contribution is 9.10. The highest BCUT2D eigenvalue weighted by Gasteiger charge is 2.20. The summed E-state index contributed by atoms with van der Waals surface area (Å²) in [6.45, 7) is 0. The molecule has 1 N–H and O–H groups in total. The van der Waals surface area contributed by atoms with Crippen LogP contribution in [0.25, 0.3) is 0 Å². The molecule has 0 spiro atoms. The van der Waals surface area contributed by atoms with E-state index in [0.717, 1.165) is 33.8 Å². The maximum absolute atomic E-state index is 6.08. The molecule has 20 heavy (non-hydrogen) atoms. The number of hydrogen-bond acceptors (Lipinski definition) is 2. The van der Waals surface area contributed by atoms with Crippen molar-refractivity contribution in [2.24, 2.45) is 0 Å². The number of ether oxygens (including phenoxy) is 1. The molecule has 1 heterocycles. The predicted molar refractivity (Wildman–Crippen MR) is 86.8 cm³/mol. The summed E-state index contributed by atoms with van der Waals surface area (Å²) in [4.78, 5) is 0. The molecule has 2 aromatic carbocycles. The zero-order chi connectivity index (χ0) is 14.1. The number of hydrogen-bond donors (Lipinski definition) is 1. The third-order valence-electron chi connectivity index (χ3n) is 3.66. The first kappa shape index (κ1) is 13.8. The monoisotopic (exact) mass is 351 g/mol. The topological polar surface area (TPSA) is 21.3 Å². The molecule has 0 fully saturated rings. The number of fused-ring (bicyclic) bond motifs is 1. The Morgan fingerprint density at radius 3 is 2.90 bits per heavy atom. The molecule has 0 bridgehead atoms. The largest absolute Gasteiger partial charge is 0.495 e. The van der Waals surface area contributed by atoms with Gasteiger partial charge in [0, 0.05) is 16.8 Å². The molecule has 0 aliphatic carbocycles. The highest BCUT2D eigenvalue weighted by atomic mass is 79.9. The van der Waals surface area contributed by atoms with Gasteiger partial charge in [0.15, 0.2) is 0 Å². The predicted octanol–water partition coefficient (Wildman–Crippen LogP) is 5.21. The minimum absolute atomic E-state index is 0.298. The molecule has 2 aromatic rings. The van der Waals surface area contributed by atoms with E-state index in [1.165, 1.54) is 11.1 Å². The third-order valence-corrected chi connectivity index (χ3v) is 4.52. The molecule has 1 atom stereocenters. The molecule has 104 valence electrons. The minimum Gasteiger partial charge on any atom is -0.495 e. The van der Waals surface area contributed by atoms with Crippen molar-refractivity contribution in [3.63, 3.8) is 0 Å². The second-order valence-corrected chi connectivity index (χ2v) is 6.23. The molecule has 1 aliphatic rings. The summed E-state index contributed by atoms with van der Waals surface area (Å²) < 4.78 is 6.36. The van der Waals surface area contributed by atoms with Gasteiger partial charge >= 0.3 is 0 Å². The van der Waals surface area contributed by atoms with Crippen molar-refractivity contribution in [2.75, 3.05) is 12.4 Å². The summed E-state index contributed by atoms with van der Waals surface area (Å²) in [5, 5.41) is 4.36. The molecule has 2 nitrogen and oxygen atoms in total. The van der Waals surface area contributed by atoms with E-state index in [9.17, 15) is 0 Å². The zero-order valence-electron chi connectivity index (χ0n) is 11.1. The van der Waals surface area contributed by atoms with Crippen LogP contribution in [0.5, 0.6) is 5.75 Å². The maximum atomic E-state index is 6.08. The van der Waals surface area contributed by atoms with Crippen molar-refractivity contribution >= 4 is 33.2 Å². The Morgan fingerprint density at radius 1 is 1.30 bits per heavy atom. The number of nitrogens with one attached hydrogen (secondary N) is 1. The van der Waals surface area contributed by atoms with E-state index < -0.39 is 0 Å². The van der Waals surface area contributed by atoms with E-state index >= 15 is 0 Å². The Bertz CT molecular complexity index is 644. The maximum Gasteiger partial charge on any atom is 0.135 e. The average molecular weight is 353 g/mol. The highest BCUT2D eigenvalue weighted by Crippen LogP contribution is 2.38. The lowest BCUT2D eigenvalue weighted by Crippen LogP contribution is -2.18. The van der Waals surface area contributed by atoms with Crippen LogP contribution in [0.1, 0.15) is 23.6 Å². The van der Waals surface area contributed by atoms with Gasteiger partial charge in [-0.1, -0.05) is 23.7 Å². The van der Waals surface area contributed by atoms with Crippen molar-refractivity contribution in [3.8, 4) is 5.75 Å². The summed E-state index contributed by atoms with van der Waals surface area (Å²) in [6, 6.07) is 12.5. The second-order valence-electron chi connectivity index (χ2n) is 4.93. The van der Waals surface area contributed by atoms with Gasteiger partial charge in [0.25, 0.3) is 0 Å². The van der Waals surface area contributed by atoms with E-state index in [4.69, 9.17) is 16.3 Å². The van der Waals surface area contributed by atoms with Crippen LogP contribution < -0.4 is 10.1 Å². The van der Waals surface area contributed by atoms with Gasteiger partial charge in [-0.2, -0.15) is 0 Å². The first-order valence-electron chi connectivity index (χ1n) is 6.56. The van der Waals surface area contributed by atoms with Gasteiger partial charge in [0.2, 0.25) is 0 Å². The lowest BCUT2D eigenvalue weighted by Gasteiger charge is -2.28. The van der Waals surface area contributed by atoms with E-state index in [2.05, 4.69) is 39.4 Å². The van der Waals surface area contributed by atoms with E-state index in [1.54, 1.807) is 7.11 Å². The molecular formula is C16H15BrClNO. The molecule has 0 amide bonds. The van der Waals surface area contributed by atoms with E-state index in [0.29, 0.717) is 6.04 Å². The SMILES string of the molecule is COc1cc2c(cc1Br)CCC(c1cccc(Cl)c1)N2. The minimum atomic E-state index is 0.298. The fourth-order valence-electron chi connectivity index (χ4n) is 2.63. The van der Waals surface area contributed by atoms with Crippen LogP contribution in [0.2, 0.25) is 5.02 Å². The Balaban J connectivity index is 1.91. The molecule has 0 saturated carbocycles. The van der Waals surface area contributed by atoms with Crippen LogP contribution >= 0.6 is 27.5 Å². The number of aryl methyl sites for hydroxylation is 1. The van der Waals surface area contributed by atoms with Crippen molar-refractivity contribution < 1.29 is 4.74 Å². The van der Waals surface area contributed by atoms with Crippen molar-refractivity contribution in [3.05, 3.63) is 57.0 Å². The summed E-state index contributed by atoms with van der Waals surface area (Å²) in [6.07, 6.45) is 2.11. The van der Waals surface area contributed by atoms with Crippen LogP contribution in [-0.4, -0.2) is 7.11 Å². The molecule has 4 heteroatoms. The summed E-state index contributed by atoms with van der Waals surface area (Å²) in [5.41, 5.74) is 3.68. The Hall–Kier alpha value is -1.19. The fourth-order valence-corrected chi connectivity index (χ4v) is 3.38. The van der Waals surface area contributed by atoms with Crippen LogP contribution in [0.15, 0.2) is 40.9 Å². The molecule has 0 aromatic heterocycles. The first-order valence-corrected chi connectivity index (χ1v) is 7.73. The molecule has 1 aliphatic heterocycles. The van der Waals surface area contributed by atoms with Gasteiger partial charge in [-0.25, -0.2) is 0 Å². The summed E-state index contributed by atoms with van der Waals surface area (Å²) >= 11 is 9.61. The molecule has 3 rings (SSSR count). The van der Waals surface area contributed by atoms with Gasteiger partial charge in [0.05, 0.1) is 17.6 Å². The zero-order valence-corrected chi connectivity index (χ0v) is 13.5. The number of benzene rings is 2. The average Bonchev–Trinajstić information content (AvgIpc) is 2.46. The fraction of sp³-hybridized carbons (Fsp3) is 0.250. The van der Waals surface area contributed by atoms with Crippen molar-refractivity contribution in [1.29, 1.82) is 0 Å². The number of anilines is 1. The lowest BCUT2D eigenvalue weighted by molar-refractivity contribution is 0.412. The molecule has 0 saturated heterocycles. The molecule has 1 unspecified atom stereocenters. The number of rotatable bonds is 2. The van der Waals surface area contributed by atoms with E-state index in [-0.39, 0.29) is 0 Å². The van der Waals surface area contributed by atoms with Crippen LogP contribution in [0.4, 0.5) is 5.69 Å². The van der Waals surface area contributed by atoms with Crippen LogP contribution in [0, 0.1) is 0 Å². The first-order chi connectivity index (χ1) is 9.67. The number of methoxy groups -OCH3 is 1. The molecule has 0 radical (unpaired) electrons. The molecular weight excluding hydrogens is 338 g/mol. The summed E-state index contributed by atoms with van der Waals surface area (Å²) in [7, 11) is 1.68. The smallest absolute Gasteiger partial charge is 0.135 e. The lowest BCUT2D eigenvalue weighted by atomic mass is 9.93. The van der Waals surface area contributed by atoms with Crippen molar-refractivity contribution in [2.45, 2.75) is 18.9 Å². The van der Waals surface area contributed by atoms with Crippen LogP contribution in [0.3, 0.4) is 0 Å². The van der Waals surface area contributed by atoms with Gasteiger partial charge in [0.1, 0.15) is 5.75 Å². The van der Waals surface area contributed by atoms with Crippen molar-refractivity contribution in [1.82, 2.24) is 0 Å². The van der Waals surface area contributed by atoms with Gasteiger partial charge in [-0.05, 0) is 58.1 Å². The standard InChI is InChI=1S/C16H15BrClNO/c1-20-16-9-15-11(8-13(16)17)5-6-14(19-15)10-3-2-4-12(18)7-10/h2-4,7-9,14,19H,5-6H2,1H3. The van der Waals surface area contributed by atoms with Gasteiger partial charge < -0.3 is 10.1 Å².